The van der Waals surface area contributed by atoms with E-state index in [0.29, 0.717) is 12.8 Å². The van der Waals surface area contributed by atoms with E-state index in [4.69, 9.17) is 9.84 Å². The molecule has 3 aromatic rings. The summed E-state index contributed by atoms with van der Waals surface area (Å²) in [6.45, 7) is 2.04. The van der Waals surface area contributed by atoms with Gasteiger partial charge in [0.2, 0.25) is 5.91 Å². The lowest BCUT2D eigenvalue weighted by molar-refractivity contribution is -0.118. The predicted molar refractivity (Wildman–Crippen MR) is 126 cm³/mol. The van der Waals surface area contributed by atoms with Gasteiger partial charge in [-0.3, -0.25) is 9.48 Å². The van der Waals surface area contributed by atoms with Crippen molar-refractivity contribution in [3.8, 4) is 11.1 Å². The number of carboxylic acid groups (broad SMARTS) is 1. The van der Waals surface area contributed by atoms with Crippen molar-refractivity contribution >= 4 is 23.8 Å². The predicted octanol–water partition coefficient (Wildman–Crippen LogP) is 3.76. The largest absolute Gasteiger partial charge is 0.476 e. The number of fused-ring (bicyclic) bond motifs is 3. The van der Waals surface area contributed by atoms with Crippen LogP contribution in [0.1, 0.15) is 47.3 Å². The lowest BCUT2D eigenvalue weighted by atomic mass is 9.98. The second-order valence-electron chi connectivity index (χ2n) is 8.14. The topological polar surface area (TPSA) is 123 Å². The molecule has 1 unspecified atom stereocenters. The number of benzene rings is 2. The number of amides is 2. The maximum atomic E-state index is 12.8. The van der Waals surface area contributed by atoms with Crippen molar-refractivity contribution in [1.82, 2.24) is 15.1 Å². The highest BCUT2D eigenvalue weighted by Gasteiger charge is 2.30. The van der Waals surface area contributed by atoms with E-state index in [-0.39, 0.29) is 24.0 Å². The van der Waals surface area contributed by atoms with Crippen molar-refractivity contribution in [3.63, 3.8) is 0 Å². The van der Waals surface area contributed by atoms with Crippen molar-refractivity contribution in [1.29, 1.82) is 0 Å². The number of aryl methyl sites for hydroxylation is 1. The number of alkyl carbamates (subject to hydrolysis) is 1. The van der Waals surface area contributed by atoms with Gasteiger partial charge in [-0.05, 0) is 28.7 Å². The van der Waals surface area contributed by atoms with Crippen molar-refractivity contribution in [3.05, 3.63) is 71.4 Å². The third-order valence-corrected chi connectivity index (χ3v) is 5.88. The maximum absolute atomic E-state index is 12.8. The van der Waals surface area contributed by atoms with Gasteiger partial charge >= 0.3 is 12.1 Å². The van der Waals surface area contributed by atoms with E-state index in [0.717, 1.165) is 22.3 Å². The average molecular weight is 463 g/mol. The number of carbonyl (C=O) groups excluding carboxylic acids is 2. The Morgan fingerprint density at radius 2 is 1.71 bits per heavy atom. The zero-order valence-corrected chi connectivity index (χ0v) is 18.9. The molecule has 0 bridgehead atoms. The number of rotatable bonds is 8. The Labute approximate surface area is 196 Å². The fourth-order valence-electron chi connectivity index (χ4n) is 4.24. The highest BCUT2D eigenvalue weighted by molar-refractivity contribution is 5.97. The van der Waals surface area contributed by atoms with E-state index in [9.17, 15) is 14.4 Å². The van der Waals surface area contributed by atoms with Crippen molar-refractivity contribution in [2.45, 2.75) is 31.7 Å². The van der Waals surface area contributed by atoms with Gasteiger partial charge in [0.1, 0.15) is 18.5 Å². The number of aromatic nitrogens is 2. The first-order chi connectivity index (χ1) is 16.4. The molecule has 176 valence electrons. The molecule has 2 aromatic carbocycles. The van der Waals surface area contributed by atoms with Gasteiger partial charge in [0.05, 0.1) is 0 Å². The molecule has 0 aliphatic heterocycles. The van der Waals surface area contributed by atoms with E-state index < -0.39 is 24.0 Å². The van der Waals surface area contributed by atoms with Crippen LogP contribution in [0.4, 0.5) is 10.6 Å². The number of nitrogens with one attached hydrogen (secondary N) is 2. The van der Waals surface area contributed by atoms with Crippen molar-refractivity contribution in [2.75, 3.05) is 11.9 Å². The molecule has 0 radical (unpaired) electrons. The number of anilines is 1. The summed E-state index contributed by atoms with van der Waals surface area (Å²) in [5, 5.41) is 18.2. The Morgan fingerprint density at radius 1 is 1.09 bits per heavy atom. The van der Waals surface area contributed by atoms with Crippen LogP contribution in [0.5, 0.6) is 0 Å². The third kappa shape index (κ3) is 4.63. The molecule has 0 saturated carbocycles. The lowest BCUT2D eigenvalue weighted by Gasteiger charge is -2.19. The van der Waals surface area contributed by atoms with Crippen LogP contribution in [0.25, 0.3) is 11.1 Å². The van der Waals surface area contributed by atoms with E-state index in [2.05, 4.69) is 27.9 Å². The molecule has 0 spiro atoms. The second kappa shape index (κ2) is 9.78. The number of hydrogen-bond donors (Lipinski definition) is 3. The monoisotopic (exact) mass is 462 g/mol. The van der Waals surface area contributed by atoms with Crippen LogP contribution in [-0.4, -0.2) is 45.5 Å². The van der Waals surface area contributed by atoms with Crippen LogP contribution in [0, 0.1) is 0 Å². The molecular formula is C25H26N4O5. The van der Waals surface area contributed by atoms with Crippen LogP contribution in [0.2, 0.25) is 0 Å². The molecule has 1 atom stereocenters. The fraction of sp³-hybridized carbons (Fsp3) is 0.280. The highest BCUT2D eigenvalue weighted by Crippen LogP contribution is 2.44. The number of carbonyl (C=O) groups is 3. The molecule has 3 N–H and O–H groups in total. The molecule has 1 aromatic heterocycles. The van der Waals surface area contributed by atoms with Crippen LogP contribution in [0.15, 0.2) is 54.6 Å². The molecule has 0 fully saturated rings. The minimum Gasteiger partial charge on any atom is -0.476 e. The number of nitrogens with zero attached hydrogens (tertiary/aromatic N) is 2. The van der Waals surface area contributed by atoms with Gasteiger partial charge < -0.3 is 20.5 Å². The zero-order chi connectivity index (χ0) is 24.2. The molecule has 34 heavy (non-hydrogen) atoms. The zero-order valence-electron chi connectivity index (χ0n) is 18.9. The summed E-state index contributed by atoms with van der Waals surface area (Å²) in [4.78, 5) is 36.5. The quantitative estimate of drug-likeness (QED) is 0.468. The SMILES string of the molecule is CCCC(NC(=O)OCC1c2ccccc2-c2ccccc21)C(=O)Nc1cc(C(=O)O)nn1C. The molecule has 2 amide bonds. The summed E-state index contributed by atoms with van der Waals surface area (Å²) >= 11 is 0. The maximum Gasteiger partial charge on any atom is 0.407 e. The first-order valence-corrected chi connectivity index (χ1v) is 11.1. The number of hydrogen-bond acceptors (Lipinski definition) is 5. The summed E-state index contributed by atoms with van der Waals surface area (Å²) < 4.78 is 6.81. The van der Waals surface area contributed by atoms with Gasteiger partial charge in [-0.15, -0.1) is 0 Å². The first kappa shape index (κ1) is 23.0. The molecule has 1 heterocycles. The number of ether oxygens (including phenoxy) is 1. The Morgan fingerprint density at radius 3 is 2.26 bits per heavy atom. The number of carboxylic acids is 1. The number of aromatic carboxylic acids is 1. The van der Waals surface area contributed by atoms with Gasteiger partial charge in [0.15, 0.2) is 5.69 Å². The summed E-state index contributed by atoms with van der Waals surface area (Å²) in [5.74, 6) is -1.54. The van der Waals surface area contributed by atoms with Crippen LogP contribution in [-0.2, 0) is 16.6 Å². The van der Waals surface area contributed by atoms with Crippen molar-refractivity contribution < 1.29 is 24.2 Å². The molecule has 1 aliphatic rings. The molecule has 0 saturated heterocycles. The summed E-state index contributed by atoms with van der Waals surface area (Å²) in [7, 11) is 1.52. The average Bonchev–Trinajstić information content (AvgIpc) is 3.35. The van der Waals surface area contributed by atoms with Crippen molar-refractivity contribution in [2.24, 2.45) is 7.05 Å². The van der Waals surface area contributed by atoms with Crippen LogP contribution in [0.3, 0.4) is 0 Å². The Bertz CT molecular complexity index is 1190. The van der Waals surface area contributed by atoms with E-state index in [1.165, 1.54) is 17.8 Å². The third-order valence-electron chi connectivity index (χ3n) is 5.88. The summed E-state index contributed by atoms with van der Waals surface area (Å²) in [6.07, 6.45) is 0.347. The molecule has 1 aliphatic carbocycles. The summed E-state index contributed by atoms with van der Waals surface area (Å²) in [6, 6.07) is 16.5. The lowest BCUT2D eigenvalue weighted by Crippen LogP contribution is -2.44. The Kier molecular flexibility index (Phi) is 6.62. The van der Waals surface area contributed by atoms with E-state index in [1.54, 1.807) is 0 Å². The Balaban J connectivity index is 1.41. The summed E-state index contributed by atoms with van der Waals surface area (Å²) in [5.41, 5.74) is 4.28. The van der Waals surface area contributed by atoms with Crippen LogP contribution >= 0.6 is 0 Å². The fourth-order valence-corrected chi connectivity index (χ4v) is 4.24. The van der Waals surface area contributed by atoms with E-state index >= 15 is 0 Å². The van der Waals surface area contributed by atoms with Crippen LogP contribution < -0.4 is 10.6 Å². The van der Waals surface area contributed by atoms with Gasteiger partial charge in [-0.1, -0.05) is 61.9 Å². The molecular weight excluding hydrogens is 436 g/mol. The molecule has 4 rings (SSSR count). The normalized spacial score (nSPS) is 13.0. The molecule has 9 heteroatoms. The molecule has 9 nitrogen and oxygen atoms in total. The minimum absolute atomic E-state index is 0.0829. The Hall–Kier alpha value is -4.14. The second-order valence-corrected chi connectivity index (χ2v) is 8.14. The van der Waals surface area contributed by atoms with E-state index in [1.807, 2.05) is 43.3 Å². The van der Waals surface area contributed by atoms with Gasteiger partial charge in [-0.2, -0.15) is 5.10 Å². The highest BCUT2D eigenvalue weighted by atomic mass is 16.5. The minimum atomic E-state index is -1.20. The van der Waals surface area contributed by atoms with Gasteiger partial charge in [0.25, 0.3) is 0 Å². The first-order valence-electron chi connectivity index (χ1n) is 11.1. The standard InChI is InChI=1S/C25H26N4O5/c1-3-8-20(23(30)27-22-13-21(24(31)32)28-29(22)2)26-25(33)34-14-19-17-11-6-4-9-15(17)16-10-5-7-12-18(16)19/h4-7,9-13,19-20H,3,8,14H2,1-2H3,(H,26,33)(H,27,30)(H,31,32). The van der Waals surface area contributed by atoms with Gasteiger partial charge in [0, 0.05) is 19.0 Å². The smallest absolute Gasteiger partial charge is 0.407 e. The van der Waals surface area contributed by atoms with Gasteiger partial charge in [-0.25, -0.2) is 9.59 Å².